The number of nitro groups is 1. The molecule has 0 heterocycles. The predicted molar refractivity (Wildman–Crippen MR) is 92.1 cm³/mol. The van der Waals surface area contributed by atoms with Gasteiger partial charge >= 0.3 is 5.97 Å². The van der Waals surface area contributed by atoms with E-state index in [1.54, 1.807) is 0 Å². The van der Waals surface area contributed by atoms with Gasteiger partial charge < -0.3 is 10.1 Å². The molecule has 0 aromatic heterocycles. The third-order valence-corrected chi connectivity index (χ3v) is 4.98. The van der Waals surface area contributed by atoms with Crippen LogP contribution in [0.25, 0.3) is 0 Å². The van der Waals surface area contributed by atoms with Crippen molar-refractivity contribution in [3.8, 4) is 0 Å². The van der Waals surface area contributed by atoms with Gasteiger partial charge in [0.15, 0.2) is 6.10 Å². The molecule has 0 saturated heterocycles. The Balaban J connectivity index is 1.95. The first-order valence-electron chi connectivity index (χ1n) is 8.55. The second-order valence-electron chi connectivity index (χ2n) is 6.74. The zero-order valence-electron chi connectivity index (χ0n) is 14.7. The van der Waals surface area contributed by atoms with Crippen LogP contribution in [0.2, 0.25) is 0 Å². The van der Waals surface area contributed by atoms with Crippen LogP contribution in [0.5, 0.6) is 0 Å². The van der Waals surface area contributed by atoms with E-state index in [-0.39, 0.29) is 23.2 Å². The number of ether oxygens (including phenoxy) is 1. The number of esters is 1. The topological polar surface area (TPSA) is 98.5 Å². The van der Waals surface area contributed by atoms with Gasteiger partial charge in [-0.3, -0.25) is 14.9 Å². The van der Waals surface area contributed by atoms with E-state index in [9.17, 15) is 19.7 Å². The highest BCUT2D eigenvalue weighted by atomic mass is 16.6. The molecule has 7 heteroatoms. The average molecular weight is 348 g/mol. The minimum absolute atomic E-state index is 0.0495. The highest BCUT2D eigenvalue weighted by molar-refractivity contribution is 5.92. The molecule has 7 nitrogen and oxygen atoms in total. The zero-order valence-corrected chi connectivity index (χ0v) is 14.7. The van der Waals surface area contributed by atoms with Crippen LogP contribution in [0.3, 0.4) is 0 Å². The summed E-state index contributed by atoms with van der Waals surface area (Å²) in [4.78, 5) is 34.6. The molecule has 25 heavy (non-hydrogen) atoms. The van der Waals surface area contributed by atoms with Crippen LogP contribution in [0.15, 0.2) is 24.3 Å². The summed E-state index contributed by atoms with van der Waals surface area (Å²) in [6.45, 7) is 5.80. The standard InChI is InChI=1S/C18H24N2O5/c1-11-6-4-9-16(12(11)2)19-17(21)13(3)25-18(22)14-7-5-8-15(10-14)20(23)24/h5,7-8,10-13,16H,4,6,9H2,1-3H3,(H,19,21)/t11-,12+,13+,16+/m0/s1. The zero-order chi connectivity index (χ0) is 18.6. The molecular weight excluding hydrogens is 324 g/mol. The van der Waals surface area contributed by atoms with Gasteiger partial charge in [0.2, 0.25) is 0 Å². The minimum Gasteiger partial charge on any atom is -0.449 e. The Hall–Kier alpha value is -2.44. The van der Waals surface area contributed by atoms with Gasteiger partial charge in [0.25, 0.3) is 11.6 Å². The van der Waals surface area contributed by atoms with Gasteiger partial charge in [0.05, 0.1) is 10.5 Å². The number of hydrogen-bond acceptors (Lipinski definition) is 5. The van der Waals surface area contributed by atoms with E-state index in [1.165, 1.54) is 25.1 Å². The molecule has 0 spiro atoms. The number of carbonyl (C=O) groups is 2. The van der Waals surface area contributed by atoms with Crippen LogP contribution < -0.4 is 5.32 Å². The van der Waals surface area contributed by atoms with E-state index < -0.39 is 17.0 Å². The van der Waals surface area contributed by atoms with Crippen molar-refractivity contribution in [2.75, 3.05) is 0 Å². The SMILES string of the molecule is C[C@@H]1[C@@H](C)CCC[C@H]1NC(=O)[C@@H](C)OC(=O)c1cccc([N+](=O)[O-])c1. The Morgan fingerprint density at radius 1 is 1.32 bits per heavy atom. The van der Waals surface area contributed by atoms with Crippen molar-refractivity contribution in [3.05, 3.63) is 39.9 Å². The Morgan fingerprint density at radius 3 is 2.72 bits per heavy atom. The Labute approximate surface area is 146 Å². The van der Waals surface area contributed by atoms with Crippen LogP contribution in [-0.2, 0) is 9.53 Å². The van der Waals surface area contributed by atoms with Gasteiger partial charge in [-0.25, -0.2) is 4.79 Å². The second kappa shape index (κ2) is 8.09. The number of nitro benzene ring substituents is 1. The molecule has 4 atom stereocenters. The third kappa shape index (κ3) is 4.78. The van der Waals surface area contributed by atoms with Crippen molar-refractivity contribution in [2.24, 2.45) is 11.8 Å². The van der Waals surface area contributed by atoms with Crippen LogP contribution in [0.4, 0.5) is 5.69 Å². The maximum absolute atomic E-state index is 12.3. The van der Waals surface area contributed by atoms with Gasteiger partial charge in [-0.05, 0) is 31.2 Å². The predicted octanol–water partition coefficient (Wildman–Crippen LogP) is 3.08. The molecule has 0 unspecified atom stereocenters. The summed E-state index contributed by atoms with van der Waals surface area (Å²) in [7, 11) is 0. The first-order valence-corrected chi connectivity index (χ1v) is 8.55. The summed E-state index contributed by atoms with van der Waals surface area (Å²) in [6, 6.07) is 5.33. The lowest BCUT2D eigenvalue weighted by Gasteiger charge is -2.35. The maximum Gasteiger partial charge on any atom is 0.339 e. The first kappa shape index (κ1) is 18.9. The molecule has 1 aliphatic rings. The van der Waals surface area contributed by atoms with Gasteiger partial charge in [-0.2, -0.15) is 0 Å². The number of amides is 1. The Morgan fingerprint density at radius 2 is 2.04 bits per heavy atom. The fraction of sp³-hybridized carbons (Fsp3) is 0.556. The lowest BCUT2D eigenvalue weighted by atomic mass is 9.78. The van der Waals surface area contributed by atoms with Gasteiger partial charge in [-0.1, -0.05) is 32.8 Å². The molecule has 1 aliphatic carbocycles. The summed E-state index contributed by atoms with van der Waals surface area (Å²) in [5, 5.41) is 13.7. The Bertz CT molecular complexity index is 661. The summed E-state index contributed by atoms with van der Waals surface area (Å²) in [5.74, 6) is -0.180. The molecule has 0 radical (unpaired) electrons. The lowest BCUT2D eigenvalue weighted by Crippen LogP contribution is -2.47. The summed E-state index contributed by atoms with van der Waals surface area (Å²) in [5.41, 5.74) is -0.148. The van der Waals surface area contributed by atoms with Crippen molar-refractivity contribution >= 4 is 17.6 Å². The monoisotopic (exact) mass is 348 g/mol. The van der Waals surface area contributed by atoms with E-state index >= 15 is 0 Å². The summed E-state index contributed by atoms with van der Waals surface area (Å²) < 4.78 is 5.16. The molecular formula is C18H24N2O5. The number of hydrogen-bond donors (Lipinski definition) is 1. The van der Waals surface area contributed by atoms with Gasteiger partial charge in [0, 0.05) is 18.2 Å². The molecule has 2 rings (SSSR count). The van der Waals surface area contributed by atoms with Crippen LogP contribution in [0.1, 0.15) is 50.4 Å². The fourth-order valence-electron chi connectivity index (χ4n) is 3.11. The fourth-order valence-corrected chi connectivity index (χ4v) is 3.11. The van der Waals surface area contributed by atoms with E-state index in [0.29, 0.717) is 11.8 Å². The number of benzene rings is 1. The van der Waals surface area contributed by atoms with Gasteiger partial charge in [0.1, 0.15) is 0 Å². The quantitative estimate of drug-likeness (QED) is 0.501. The number of nitrogens with zero attached hydrogens (tertiary/aromatic N) is 1. The minimum atomic E-state index is -0.962. The van der Waals surface area contributed by atoms with Crippen LogP contribution in [0, 0.1) is 22.0 Å². The van der Waals surface area contributed by atoms with Crippen molar-refractivity contribution < 1.29 is 19.2 Å². The number of rotatable bonds is 5. The smallest absolute Gasteiger partial charge is 0.339 e. The summed E-state index contributed by atoms with van der Waals surface area (Å²) in [6.07, 6.45) is 2.18. The molecule has 0 bridgehead atoms. The maximum atomic E-state index is 12.3. The Kier molecular flexibility index (Phi) is 6.12. The normalized spacial score (nSPS) is 24.2. The molecule has 1 aromatic carbocycles. The molecule has 1 aromatic rings. The van der Waals surface area contributed by atoms with Crippen molar-refractivity contribution in [1.29, 1.82) is 0 Å². The molecule has 1 fully saturated rings. The largest absolute Gasteiger partial charge is 0.449 e. The second-order valence-corrected chi connectivity index (χ2v) is 6.74. The highest BCUT2D eigenvalue weighted by Crippen LogP contribution is 2.29. The molecule has 1 saturated carbocycles. The lowest BCUT2D eigenvalue weighted by molar-refractivity contribution is -0.384. The molecule has 1 N–H and O–H groups in total. The highest BCUT2D eigenvalue weighted by Gasteiger charge is 2.30. The van der Waals surface area contributed by atoms with Crippen LogP contribution in [-0.4, -0.2) is 28.9 Å². The van der Waals surface area contributed by atoms with E-state index in [2.05, 4.69) is 19.2 Å². The number of non-ortho nitro benzene ring substituents is 1. The average Bonchev–Trinajstić information content (AvgIpc) is 2.58. The van der Waals surface area contributed by atoms with E-state index in [4.69, 9.17) is 4.74 Å². The van der Waals surface area contributed by atoms with Crippen molar-refractivity contribution in [1.82, 2.24) is 5.32 Å². The number of carbonyl (C=O) groups excluding carboxylic acids is 2. The molecule has 1 amide bonds. The van der Waals surface area contributed by atoms with Crippen molar-refractivity contribution in [2.45, 2.75) is 52.2 Å². The third-order valence-electron chi connectivity index (χ3n) is 4.98. The summed E-state index contributed by atoms with van der Waals surface area (Å²) >= 11 is 0. The van der Waals surface area contributed by atoms with E-state index in [0.717, 1.165) is 25.3 Å². The first-order chi connectivity index (χ1) is 11.8. The van der Waals surface area contributed by atoms with E-state index in [1.807, 2.05) is 0 Å². The van der Waals surface area contributed by atoms with Crippen LogP contribution >= 0.6 is 0 Å². The van der Waals surface area contributed by atoms with Crippen molar-refractivity contribution in [3.63, 3.8) is 0 Å². The van der Waals surface area contributed by atoms with Gasteiger partial charge in [-0.15, -0.1) is 0 Å². The molecule has 136 valence electrons. The number of nitrogens with one attached hydrogen (secondary N) is 1. The molecule has 0 aliphatic heterocycles.